The smallest absolute Gasteiger partial charge is 0.126 e. The molecule has 4 heteroatoms. The highest BCUT2D eigenvalue weighted by atomic mass is 16.6. The monoisotopic (exact) mass is 520 g/mol. The van der Waals surface area contributed by atoms with Gasteiger partial charge in [-0.1, -0.05) is 20.3 Å². The second-order valence-corrected chi connectivity index (χ2v) is 15.2. The zero-order valence-electron chi connectivity index (χ0n) is 23.7. The van der Waals surface area contributed by atoms with Crippen LogP contribution in [-0.2, 0) is 20.3 Å². The van der Waals surface area contributed by atoms with Crippen LogP contribution in [0.5, 0.6) is 11.5 Å². The second-order valence-electron chi connectivity index (χ2n) is 15.2. The first-order valence-electron chi connectivity index (χ1n) is 16.2. The van der Waals surface area contributed by atoms with Crippen LogP contribution in [0.1, 0.15) is 102 Å². The van der Waals surface area contributed by atoms with Gasteiger partial charge in [-0.05, 0) is 123 Å². The largest absolute Gasteiger partial charge is 0.490 e. The van der Waals surface area contributed by atoms with Crippen molar-refractivity contribution in [3.8, 4) is 11.5 Å². The fourth-order valence-electron chi connectivity index (χ4n) is 10.9. The van der Waals surface area contributed by atoms with E-state index >= 15 is 0 Å². The van der Waals surface area contributed by atoms with Crippen LogP contribution in [0.3, 0.4) is 0 Å². The van der Waals surface area contributed by atoms with E-state index < -0.39 is 0 Å². The van der Waals surface area contributed by atoms with Gasteiger partial charge in [-0.3, -0.25) is 0 Å². The lowest BCUT2D eigenvalue weighted by atomic mass is 9.47. The fraction of sp³-hybridized carbons (Fsp3) is 0.824. The van der Waals surface area contributed by atoms with E-state index in [2.05, 4.69) is 26.0 Å². The third-order valence-electron chi connectivity index (χ3n) is 12.0. The van der Waals surface area contributed by atoms with Crippen molar-refractivity contribution in [1.29, 1.82) is 0 Å². The molecular weight excluding hydrogens is 472 g/mol. The highest BCUT2D eigenvalue weighted by Gasteiger charge is 2.54. The minimum Gasteiger partial charge on any atom is -0.490 e. The lowest BCUT2D eigenvalue weighted by Crippen LogP contribution is -2.49. The number of ether oxygens (including phenoxy) is 4. The van der Waals surface area contributed by atoms with Crippen molar-refractivity contribution in [1.82, 2.24) is 0 Å². The quantitative estimate of drug-likeness (QED) is 0.323. The van der Waals surface area contributed by atoms with Crippen molar-refractivity contribution in [3.05, 3.63) is 23.3 Å². The number of hydrogen-bond acceptors (Lipinski definition) is 4. The molecule has 8 fully saturated rings. The van der Waals surface area contributed by atoms with Crippen LogP contribution < -0.4 is 9.47 Å². The van der Waals surface area contributed by atoms with E-state index in [1.165, 1.54) is 82.6 Å². The minimum atomic E-state index is 0.246. The maximum Gasteiger partial charge on any atom is 0.126 e. The Morgan fingerprint density at radius 2 is 1.18 bits per heavy atom. The van der Waals surface area contributed by atoms with Gasteiger partial charge in [-0.2, -0.15) is 0 Å². The Morgan fingerprint density at radius 3 is 1.68 bits per heavy atom. The van der Waals surface area contributed by atoms with Crippen LogP contribution >= 0.6 is 0 Å². The summed E-state index contributed by atoms with van der Waals surface area (Å²) in [4.78, 5) is 0. The molecule has 2 saturated heterocycles. The van der Waals surface area contributed by atoms with Gasteiger partial charge in [-0.15, -0.1) is 0 Å². The van der Waals surface area contributed by atoms with E-state index in [0.29, 0.717) is 18.6 Å². The number of benzene rings is 1. The second kappa shape index (κ2) is 9.13. The molecule has 8 aliphatic rings. The Kier molecular flexibility index (Phi) is 5.89. The molecule has 0 aromatic heterocycles. The summed E-state index contributed by atoms with van der Waals surface area (Å²) < 4.78 is 24.5. The fourth-order valence-corrected chi connectivity index (χ4v) is 10.9. The van der Waals surface area contributed by atoms with E-state index in [1.54, 1.807) is 5.56 Å². The van der Waals surface area contributed by atoms with Crippen molar-refractivity contribution < 1.29 is 18.9 Å². The summed E-state index contributed by atoms with van der Waals surface area (Å²) in [5, 5.41) is 0. The summed E-state index contributed by atoms with van der Waals surface area (Å²) in [6.45, 7) is 7.95. The van der Waals surface area contributed by atoms with E-state index in [-0.39, 0.29) is 17.6 Å². The summed E-state index contributed by atoms with van der Waals surface area (Å²) in [6.07, 6.45) is 17.2. The van der Waals surface area contributed by atoms with Crippen LogP contribution in [0.4, 0.5) is 0 Å². The Morgan fingerprint density at radius 1 is 0.684 bits per heavy atom. The Bertz CT molecular complexity index is 1020. The molecule has 6 aliphatic carbocycles. The zero-order valence-corrected chi connectivity index (χ0v) is 23.7. The molecule has 6 saturated carbocycles. The van der Waals surface area contributed by atoms with Crippen LogP contribution in [0, 0.1) is 35.5 Å². The molecule has 0 spiro atoms. The molecule has 9 rings (SSSR count). The first-order valence-corrected chi connectivity index (χ1v) is 16.2. The molecule has 6 bridgehead atoms. The van der Waals surface area contributed by atoms with E-state index in [0.717, 1.165) is 60.2 Å². The van der Waals surface area contributed by atoms with Crippen molar-refractivity contribution >= 4 is 0 Å². The summed E-state index contributed by atoms with van der Waals surface area (Å²) in [6, 6.07) is 5.04. The highest BCUT2D eigenvalue weighted by Crippen LogP contribution is 2.64. The van der Waals surface area contributed by atoms with Gasteiger partial charge in [0.1, 0.15) is 36.9 Å². The van der Waals surface area contributed by atoms with Gasteiger partial charge in [0.25, 0.3) is 0 Å². The van der Waals surface area contributed by atoms with Crippen LogP contribution in [0.15, 0.2) is 12.1 Å². The van der Waals surface area contributed by atoms with Gasteiger partial charge in [0, 0.05) is 17.2 Å². The molecule has 1 aromatic rings. The zero-order chi connectivity index (χ0) is 25.5. The van der Waals surface area contributed by atoms with Gasteiger partial charge in [0.05, 0.1) is 13.2 Å². The molecule has 208 valence electrons. The van der Waals surface area contributed by atoms with Crippen LogP contribution in [0.2, 0.25) is 0 Å². The average molecular weight is 521 g/mol. The maximum absolute atomic E-state index is 6.71. The molecular formula is C34H48O4. The van der Waals surface area contributed by atoms with Gasteiger partial charge in [-0.25, -0.2) is 0 Å². The summed E-state index contributed by atoms with van der Waals surface area (Å²) in [5.74, 6) is 7.46. The number of epoxide rings is 2. The number of rotatable bonds is 9. The van der Waals surface area contributed by atoms with E-state index in [1.807, 2.05) is 0 Å². The predicted molar refractivity (Wildman–Crippen MR) is 148 cm³/mol. The molecule has 38 heavy (non-hydrogen) atoms. The van der Waals surface area contributed by atoms with Crippen LogP contribution in [0.25, 0.3) is 0 Å². The molecule has 6 atom stereocenters. The molecule has 4 nitrogen and oxygen atoms in total. The van der Waals surface area contributed by atoms with Gasteiger partial charge >= 0.3 is 0 Å². The lowest BCUT2D eigenvalue weighted by molar-refractivity contribution is -0.00670. The number of hydrogen-bond donors (Lipinski definition) is 0. The Balaban J connectivity index is 1.25. The topological polar surface area (TPSA) is 43.5 Å². The highest BCUT2D eigenvalue weighted by molar-refractivity contribution is 5.54. The SMILES string of the molecule is CCC1CC2CC(C)CC(c3cc(C45CC6CC(CC(C6)C4)C5)c(OCC4CO4)cc3OCC3CO3)(C1)C2. The third-order valence-corrected chi connectivity index (χ3v) is 12.0. The summed E-state index contributed by atoms with van der Waals surface area (Å²) >= 11 is 0. The molecule has 0 radical (unpaired) electrons. The summed E-state index contributed by atoms with van der Waals surface area (Å²) in [7, 11) is 0. The van der Waals surface area contributed by atoms with Gasteiger partial charge in [0.15, 0.2) is 0 Å². The molecule has 1 aromatic carbocycles. The summed E-state index contributed by atoms with van der Waals surface area (Å²) in [5.41, 5.74) is 3.63. The number of fused-ring (bicyclic) bond motifs is 2. The van der Waals surface area contributed by atoms with Crippen molar-refractivity contribution in [2.75, 3.05) is 26.4 Å². The van der Waals surface area contributed by atoms with Gasteiger partial charge < -0.3 is 18.9 Å². The predicted octanol–water partition coefficient (Wildman–Crippen LogP) is 7.20. The van der Waals surface area contributed by atoms with E-state index in [4.69, 9.17) is 18.9 Å². The Labute approximate surface area is 229 Å². The molecule has 0 N–H and O–H groups in total. The first-order chi connectivity index (χ1) is 18.5. The van der Waals surface area contributed by atoms with Crippen molar-refractivity contribution in [2.24, 2.45) is 35.5 Å². The normalized spacial score (nSPS) is 46.2. The molecule has 6 unspecified atom stereocenters. The molecule has 2 heterocycles. The van der Waals surface area contributed by atoms with Crippen LogP contribution in [-0.4, -0.2) is 38.6 Å². The molecule has 0 amide bonds. The van der Waals surface area contributed by atoms with Crippen molar-refractivity contribution in [2.45, 2.75) is 114 Å². The third kappa shape index (κ3) is 4.41. The minimum absolute atomic E-state index is 0.246. The van der Waals surface area contributed by atoms with Gasteiger partial charge in [0.2, 0.25) is 0 Å². The van der Waals surface area contributed by atoms with Crippen molar-refractivity contribution in [3.63, 3.8) is 0 Å². The average Bonchev–Trinajstić information content (AvgIpc) is 3.80. The maximum atomic E-state index is 6.71. The standard InChI is InChI=1S/C34H48O4/c1-3-22-5-23-4-21(2)11-33(12-22,13-23)29-9-30(34-14-24-6-25(15-34)8-26(7-24)16-34)32(38-20-28-18-36-28)10-31(29)37-19-27-17-35-27/h9-10,21-28H,3-8,11-20H2,1-2H3. The van der Waals surface area contributed by atoms with E-state index in [9.17, 15) is 0 Å². The lowest BCUT2D eigenvalue weighted by Gasteiger charge is -2.57. The Hall–Kier alpha value is -1.26. The first kappa shape index (κ1) is 24.5. The molecule has 2 aliphatic heterocycles.